The summed E-state index contributed by atoms with van der Waals surface area (Å²) in [5.74, 6) is 0.112. The lowest BCUT2D eigenvalue weighted by molar-refractivity contribution is -0.140. The van der Waals surface area contributed by atoms with Gasteiger partial charge in [0.2, 0.25) is 0 Å². The molecule has 2 N–H and O–H groups in total. The van der Waals surface area contributed by atoms with Crippen LogP contribution in [0.1, 0.15) is 19.3 Å². The smallest absolute Gasteiger partial charge is 0.320 e. The molecule has 1 aliphatic carbocycles. The molecule has 56 valence electrons. The van der Waals surface area contributed by atoms with Crippen LogP contribution >= 0.6 is 0 Å². The fourth-order valence-electron chi connectivity index (χ4n) is 1.69. The molecule has 2 rings (SSSR count). The summed E-state index contributed by atoms with van der Waals surface area (Å²) in [6.07, 6.45) is 3.12. The van der Waals surface area contributed by atoms with Crippen LogP contribution in [-0.2, 0) is 4.79 Å². The van der Waals surface area contributed by atoms with Gasteiger partial charge in [-0.1, -0.05) is 0 Å². The lowest BCUT2D eigenvalue weighted by Gasteiger charge is -2.18. The summed E-state index contributed by atoms with van der Waals surface area (Å²) in [6, 6.07) is 0.276. The first kappa shape index (κ1) is 6.16. The van der Waals surface area contributed by atoms with Crippen LogP contribution in [0.4, 0.5) is 0 Å². The molecule has 2 fully saturated rings. The normalized spacial score (nSPS) is 44.2. The monoisotopic (exact) mass is 141 g/mol. The predicted molar refractivity (Wildman–Crippen MR) is 35.7 cm³/mol. The second-order valence-corrected chi connectivity index (χ2v) is 3.24. The Hall–Kier alpha value is -0.570. The third-order valence-electron chi connectivity index (χ3n) is 2.46. The van der Waals surface area contributed by atoms with E-state index in [0.29, 0.717) is 6.04 Å². The van der Waals surface area contributed by atoms with Crippen LogP contribution < -0.4 is 5.32 Å². The average molecular weight is 141 g/mol. The molecule has 1 saturated carbocycles. The van der Waals surface area contributed by atoms with E-state index in [1.807, 2.05) is 0 Å². The van der Waals surface area contributed by atoms with Crippen LogP contribution in [0.2, 0.25) is 0 Å². The van der Waals surface area contributed by atoms with Crippen LogP contribution in [0.3, 0.4) is 0 Å². The maximum absolute atomic E-state index is 10.5. The first-order valence-electron chi connectivity index (χ1n) is 3.76. The molecule has 0 aromatic rings. The highest BCUT2D eigenvalue weighted by Gasteiger charge is 2.43. The summed E-state index contributed by atoms with van der Waals surface area (Å²) in [5, 5.41) is 11.7. The summed E-state index contributed by atoms with van der Waals surface area (Å²) in [4.78, 5) is 10.5. The molecule has 1 heterocycles. The summed E-state index contributed by atoms with van der Waals surface area (Å²) in [7, 11) is 0. The van der Waals surface area contributed by atoms with Crippen molar-refractivity contribution in [3.63, 3.8) is 0 Å². The van der Waals surface area contributed by atoms with Crippen molar-refractivity contribution in [1.82, 2.24) is 5.32 Å². The van der Waals surface area contributed by atoms with Gasteiger partial charge in [0.25, 0.3) is 0 Å². The van der Waals surface area contributed by atoms with Crippen LogP contribution in [0.15, 0.2) is 0 Å². The van der Waals surface area contributed by atoms with Gasteiger partial charge in [0, 0.05) is 6.04 Å². The minimum Gasteiger partial charge on any atom is -0.480 e. The Morgan fingerprint density at radius 2 is 2.30 bits per heavy atom. The van der Waals surface area contributed by atoms with Gasteiger partial charge in [0.1, 0.15) is 6.04 Å². The highest BCUT2D eigenvalue weighted by Crippen LogP contribution is 2.38. The lowest BCUT2D eigenvalue weighted by Crippen LogP contribution is -2.41. The second-order valence-electron chi connectivity index (χ2n) is 3.24. The van der Waals surface area contributed by atoms with Gasteiger partial charge in [-0.15, -0.1) is 0 Å². The maximum atomic E-state index is 10.5. The van der Waals surface area contributed by atoms with Gasteiger partial charge >= 0.3 is 5.97 Å². The Labute approximate surface area is 59.4 Å². The number of carbonyl (C=O) groups is 1. The summed E-state index contributed by atoms with van der Waals surface area (Å²) < 4.78 is 0. The maximum Gasteiger partial charge on any atom is 0.320 e. The molecule has 0 amide bonds. The summed E-state index contributed by atoms with van der Waals surface area (Å²) in [6.45, 7) is 0. The molecule has 1 aliphatic heterocycles. The van der Waals surface area contributed by atoms with E-state index in [0.717, 1.165) is 18.8 Å². The van der Waals surface area contributed by atoms with Crippen molar-refractivity contribution in [1.29, 1.82) is 0 Å². The van der Waals surface area contributed by atoms with Crippen molar-refractivity contribution in [2.75, 3.05) is 0 Å². The minimum atomic E-state index is -0.689. The van der Waals surface area contributed by atoms with Crippen LogP contribution in [0.5, 0.6) is 0 Å². The third kappa shape index (κ3) is 0.904. The molecule has 3 heteroatoms. The Balaban J connectivity index is 1.94. The van der Waals surface area contributed by atoms with Crippen molar-refractivity contribution in [2.45, 2.75) is 31.3 Å². The fraction of sp³-hybridized carbons (Fsp3) is 0.857. The number of carboxylic acids is 1. The second kappa shape index (κ2) is 1.95. The number of hydrogen-bond donors (Lipinski definition) is 2. The molecule has 3 nitrogen and oxygen atoms in total. The third-order valence-corrected chi connectivity index (χ3v) is 2.46. The van der Waals surface area contributed by atoms with Crippen LogP contribution in [0, 0.1) is 5.92 Å². The Kier molecular flexibility index (Phi) is 1.20. The zero-order chi connectivity index (χ0) is 7.14. The van der Waals surface area contributed by atoms with Gasteiger partial charge in [-0.05, 0) is 25.2 Å². The van der Waals surface area contributed by atoms with Gasteiger partial charge in [-0.2, -0.15) is 0 Å². The zero-order valence-electron chi connectivity index (χ0n) is 5.71. The van der Waals surface area contributed by atoms with E-state index >= 15 is 0 Å². The Bertz CT molecular complexity index is 169. The summed E-state index contributed by atoms with van der Waals surface area (Å²) >= 11 is 0. The van der Waals surface area contributed by atoms with E-state index in [1.54, 1.807) is 0 Å². The minimum absolute atomic E-state index is 0.260. The molecule has 2 aliphatic rings. The van der Waals surface area contributed by atoms with E-state index < -0.39 is 5.97 Å². The lowest BCUT2D eigenvalue weighted by atomic mass is 10.1. The number of piperidine rings is 1. The number of nitrogens with one attached hydrogen (secondary N) is 1. The fourth-order valence-corrected chi connectivity index (χ4v) is 1.69. The van der Waals surface area contributed by atoms with E-state index in [1.165, 1.54) is 6.42 Å². The number of fused-ring (bicyclic) bond motifs is 1. The van der Waals surface area contributed by atoms with Gasteiger partial charge in [-0.25, -0.2) is 0 Å². The van der Waals surface area contributed by atoms with Gasteiger partial charge in [-0.3, -0.25) is 4.79 Å². The predicted octanol–water partition coefficient (Wildman–Crippen LogP) is 0.212. The van der Waals surface area contributed by atoms with Crippen molar-refractivity contribution in [2.24, 2.45) is 5.92 Å². The van der Waals surface area contributed by atoms with E-state index in [-0.39, 0.29) is 6.04 Å². The first-order chi connectivity index (χ1) is 4.77. The van der Waals surface area contributed by atoms with Crippen molar-refractivity contribution < 1.29 is 9.90 Å². The Morgan fingerprint density at radius 3 is 2.90 bits per heavy atom. The quantitative estimate of drug-likeness (QED) is 0.549. The standard InChI is InChI=1S/C7H11NO2/c9-7(10)5-2-1-4-3-6(4)8-5/h4-6,8H,1-3H2,(H,9,10). The van der Waals surface area contributed by atoms with E-state index in [4.69, 9.17) is 5.11 Å². The topological polar surface area (TPSA) is 49.3 Å². The molecule has 0 spiro atoms. The number of hydrogen-bond acceptors (Lipinski definition) is 2. The number of aliphatic carboxylic acids is 1. The average Bonchev–Trinajstić information content (AvgIpc) is 2.63. The Morgan fingerprint density at radius 1 is 1.50 bits per heavy atom. The van der Waals surface area contributed by atoms with Crippen LogP contribution in [0.25, 0.3) is 0 Å². The number of rotatable bonds is 1. The van der Waals surface area contributed by atoms with E-state index in [2.05, 4.69) is 5.32 Å². The first-order valence-corrected chi connectivity index (χ1v) is 3.76. The molecule has 0 aromatic heterocycles. The summed E-state index contributed by atoms with van der Waals surface area (Å²) in [5.41, 5.74) is 0. The SMILES string of the molecule is O=C(O)C1CCC2CC2N1. The zero-order valence-corrected chi connectivity index (χ0v) is 5.71. The van der Waals surface area contributed by atoms with E-state index in [9.17, 15) is 4.79 Å². The van der Waals surface area contributed by atoms with Gasteiger partial charge in [0.15, 0.2) is 0 Å². The molecule has 0 bridgehead atoms. The van der Waals surface area contributed by atoms with Crippen molar-refractivity contribution >= 4 is 5.97 Å². The van der Waals surface area contributed by atoms with Crippen molar-refractivity contribution in [3.8, 4) is 0 Å². The van der Waals surface area contributed by atoms with Crippen LogP contribution in [-0.4, -0.2) is 23.2 Å². The molecule has 3 unspecified atom stereocenters. The highest BCUT2D eigenvalue weighted by molar-refractivity contribution is 5.73. The molecule has 0 radical (unpaired) electrons. The largest absolute Gasteiger partial charge is 0.480 e. The highest BCUT2D eigenvalue weighted by atomic mass is 16.4. The molecular weight excluding hydrogens is 130 g/mol. The molecule has 1 saturated heterocycles. The molecular formula is C7H11NO2. The van der Waals surface area contributed by atoms with Gasteiger partial charge in [0.05, 0.1) is 0 Å². The molecule has 3 atom stereocenters. The van der Waals surface area contributed by atoms with Crippen molar-refractivity contribution in [3.05, 3.63) is 0 Å². The molecule has 10 heavy (non-hydrogen) atoms. The number of carboxylic acid groups (broad SMARTS) is 1. The van der Waals surface area contributed by atoms with Gasteiger partial charge < -0.3 is 10.4 Å². The molecule has 0 aromatic carbocycles.